The van der Waals surface area contributed by atoms with Crippen molar-refractivity contribution >= 4 is 11.7 Å². The van der Waals surface area contributed by atoms with Crippen molar-refractivity contribution < 1.29 is 13.9 Å². The van der Waals surface area contributed by atoms with Crippen molar-refractivity contribution in [3.05, 3.63) is 53.9 Å². The zero-order valence-electron chi connectivity index (χ0n) is 15.8. The maximum Gasteiger partial charge on any atom is 0.325 e. The summed E-state index contributed by atoms with van der Waals surface area (Å²) in [5.41, 5.74) is 1.57. The molecule has 26 heavy (non-hydrogen) atoms. The van der Waals surface area contributed by atoms with Crippen molar-refractivity contribution in [3.63, 3.8) is 0 Å². The number of halogens is 1. The highest BCUT2D eigenvalue weighted by Gasteiger charge is 2.36. The number of benzene rings is 1. The highest BCUT2D eigenvalue weighted by molar-refractivity contribution is 5.75. The quantitative estimate of drug-likeness (QED) is 0.604. The maximum absolute atomic E-state index is 14.4. The first-order valence-corrected chi connectivity index (χ1v) is 9.31. The predicted molar refractivity (Wildman–Crippen MR) is 102 cm³/mol. The van der Waals surface area contributed by atoms with Crippen molar-refractivity contribution in [1.82, 2.24) is 5.32 Å². The van der Waals surface area contributed by atoms with E-state index in [1.54, 1.807) is 6.07 Å². The van der Waals surface area contributed by atoms with E-state index in [4.69, 9.17) is 4.74 Å². The maximum atomic E-state index is 14.4. The van der Waals surface area contributed by atoms with Crippen molar-refractivity contribution in [2.45, 2.75) is 39.0 Å². The van der Waals surface area contributed by atoms with Crippen LogP contribution >= 0.6 is 0 Å². The normalized spacial score (nSPS) is 23.9. The van der Waals surface area contributed by atoms with Gasteiger partial charge in [-0.3, -0.25) is 4.79 Å². The lowest BCUT2D eigenvalue weighted by molar-refractivity contribution is -0.143. The van der Waals surface area contributed by atoms with Crippen molar-refractivity contribution in [3.8, 4) is 0 Å². The van der Waals surface area contributed by atoms with E-state index in [1.807, 2.05) is 26.8 Å². The fourth-order valence-electron chi connectivity index (χ4n) is 3.84. The van der Waals surface area contributed by atoms with Crippen LogP contribution in [0.3, 0.4) is 0 Å². The Morgan fingerprint density at radius 2 is 2.08 bits per heavy atom. The van der Waals surface area contributed by atoms with Gasteiger partial charge in [0.15, 0.2) is 0 Å². The lowest BCUT2D eigenvalue weighted by Crippen LogP contribution is -2.26. The molecule has 0 amide bonds. The predicted octanol–water partition coefficient (Wildman–Crippen LogP) is 4.44. The number of rotatable bonds is 6. The van der Waals surface area contributed by atoms with Crippen LogP contribution in [0.1, 0.15) is 44.7 Å². The summed E-state index contributed by atoms with van der Waals surface area (Å²) in [6.45, 7) is 10.4. The van der Waals surface area contributed by atoms with Gasteiger partial charge in [-0.1, -0.05) is 45.6 Å². The zero-order valence-corrected chi connectivity index (χ0v) is 15.8. The number of nitrogens with one attached hydrogen (secondary N) is 1. The van der Waals surface area contributed by atoms with Crippen molar-refractivity contribution in [1.29, 1.82) is 0 Å². The Kier molecular flexibility index (Phi) is 5.22. The molecule has 0 spiro atoms. The number of hydrogen-bond donors (Lipinski definition) is 1. The van der Waals surface area contributed by atoms with Gasteiger partial charge in [-0.2, -0.15) is 0 Å². The van der Waals surface area contributed by atoms with Gasteiger partial charge in [-0.15, -0.1) is 0 Å². The van der Waals surface area contributed by atoms with Crippen LogP contribution in [0.15, 0.2) is 36.9 Å². The summed E-state index contributed by atoms with van der Waals surface area (Å²) in [7, 11) is 0. The van der Waals surface area contributed by atoms with E-state index in [0.29, 0.717) is 35.6 Å². The van der Waals surface area contributed by atoms with Gasteiger partial charge >= 0.3 is 5.97 Å². The fraction of sp³-hybridized carbons (Fsp3) is 0.500. The summed E-state index contributed by atoms with van der Waals surface area (Å²) < 4.78 is 19.8. The van der Waals surface area contributed by atoms with Gasteiger partial charge < -0.3 is 10.1 Å². The minimum atomic E-state index is -0.336. The molecule has 3 unspecified atom stereocenters. The van der Waals surface area contributed by atoms with Gasteiger partial charge in [-0.05, 0) is 53.7 Å². The van der Waals surface area contributed by atoms with E-state index >= 15 is 0 Å². The second kappa shape index (κ2) is 7.26. The average molecular weight is 357 g/mol. The molecular formula is C22H28FNO2. The summed E-state index contributed by atoms with van der Waals surface area (Å²) in [4.78, 5) is 12.0. The Balaban J connectivity index is 1.47. The van der Waals surface area contributed by atoms with Gasteiger partial charge in [0.05, 0.1) is 6.61 Å². The van der Waals surface area contributed by atoms with E-state index < -0.39 is 0 Å². The van der Waals surface area contributed by atoms with Crippen LogP contribution in [0.4, 0.5) is 4.39 Å². The molecule has 0 aliphatic heterocycles. The first-order chi connectivity index (χ1) is 12.2. The van der Waals surface area contributed by atoms with Crippen LogP contribution in [-0.2, 0) is 14.9 Å². The molecule has 2 aliphatic carbocycles. The molecule has 1 N–H and O–H groups in total. The first kappa shape index (κ1) is 18.7. The highest BCUT2D eigenvalue weighted by atomic mass is 19.1. The van der Waals surface area contributed by atoms with E-state index in [9.17, 15) is 9.18 Å². The summed E-state index contributed by atoms with van der Waals surface area (Å²) in [5, 5.41) is 2.88. The summed E-state index contributed by atoms with van der Waals surface area (Å²) in [6, 6.07) is 5.13. The number of carbonyl (C=O) groups is 1. The third-order valence-electron chi connectivity index (χ3n) is 5.48. The first-order valence-electron chi connectivity index (χ1n) is 9.31. The van der Waals surface area contributed by atoms with E-state index in [2.05, 4.69) is 24.0 Å². The molecule has 3 nitrogen and oxygen atoms in total. The van der Waals surface area contributed by atoms with Crippen LogP contribution in [-0.4, -0.2) is 19.1 Å². The van der Waals surface area contributed by atoms with Gasteiger partial charge in [0, 0.05) is 11.3 Å². The molecular weight excluding hydrogens is 329 g/mol. The second-order valence-corrected chi connectivity index (χ2v) is 8.50. The van der Waals surface area contributed by atoms with Crippen LogP contribution < -0.4 is 5.32 Å². The Morgan fingerprint density at radius 1 is 1.31 bits per heavy atom. The number of hydrogen-bond acceptors (Lipinski definition) is 3. The standard InChI is InChI=1S/C22H28FNO2/c1-14(19-8-7-18(11-20(19)23)22(2,3)4)24-12-21(25)26-13-17-10-15-5-6-16(17)9-15/h5-8,11,15-17,24H,1,9-10,12-13H2,2-4H3. The molecule has 0 aromatic heterocycles. The van der Waals surface area contributed by atoms with Crippen LogP contribution in [0.2, 0.25) is 0 Å². The summed E-state index contributed by atoms with van der Waals surface area (Å²) >= 11 is 0. The smallest absolute Gasteiger partial charge is 0.325 e. The molecule has 1 saturated carbocycles. The summed E-state index contributed by atoms with van der Waals surface area (Å²) in [5.74, 6) is 1.01. The lowest BCUT2D eigenvalue weighted by Gasteiger charge is -2.20. The molecule has 0 radical (unpaired) electrons. The Morgan fingerprint density at radius 3 is 2.65 bits per heavy atom. The van der Waals surface area contributed by atoms with Crippen molar-refractivity contribution in [2.75, 3.05) is 13.2 Å². The van der Waals surface area contributed by atoms with E-state index in [0.717, 1.165) is 12.0 Å². The largest absolute Gasteiger partial charge is 0.464 e. The van der Waals surface area contributed by atoms with Crippen LogP contribution in [0.25, 0.3) is 5.70 Å². The summed E-state index contributed by atoms with van der Waals surface area (Å²) in [6.07, 6.45) is 6.83. The third kappa shape index (κ3) is 4.17. The van der Waals surface area contributed by atoms with Gasteiger partial charge in [0.25, 0.3) is 0 Å². The molecule has 2 bridgehead atoms. The fourth-order valence-corrected chi connectivity index (χ4v) is 3.84. The molecule has 1 aromatic rings. The van der Waals surface area contributed by atoms with Crippen LogP contribution in [0.5, 0.6) is 0 Å². The van der Waals surface area contributed by atoms with Crippen LogP contribution in [0, 0.1) is 23.6 Å². The number of esters is 1. The topological polar surface area (TPSA) is 38.3 Å². The zero-order chi connectivity index (χ0) is 18.9. The molecule has 3 atom stereocenters. The van der Waals surface area contributed by atoms with E-state index in [-0.39, 0.29) is 23.7 Å². The number of allylic oxidation sites excluding steroid dienone is 2. The molecule has 0 heterocycles. The monoisotopic (exact) mass is 357 g/mol. The van der Waals surface area contributed by atoms with Gasteiger partial charge in [0.2, 0.25) is 0 Å². The molecule has 1 fully saturated rings. The Bertz CT molecular complexity index is 732. The SMILES string of the molecule is C=C(NCC(=O)OCC1CC2C=CC1C2)c1ccc(C(C)(C)C)cc1F. The van der Waals surface area contributed by atoms with E-state index in [1.165, 1.54) is 12.5 Å². The van der Waals surface area contributed by atoms with Gasteiger partial charge in [-0.25, -0.2) is 4.39 Å². The molecule has 2 aliphatic rings. The molecule has 1 aromatic carbocycles. The number of fused-ring (bicyclic) bond motifs is 2. The number of carbonyl (C=O) groups excluding carboxylic acids is 1. The molecule has 140 valence electrons. The minimum absolute atomic E-state index is 0.00402. The van der Waals surface area contributed by atoms with Gasteiger partial charge in [0.1, 0.15) is 12.4 Å². The Labute approximate surface area is 155 Å². The average Bonchev–Trinajstić information content (AvgIpc) is 3.20. The molecule has 3 rings (SSSR count). The minimum Gasteiger partial charge on any atom is -0.464 e. The highest BCUT2D eigenvalue weighted by Crippen LogP contribution is 2.43. The van der Waals surface area contributed by atoms with Crippen molar-refractivity contribution in [2.24, 2.45) is 17.8 Å². The molecule has 0 saturated heterocycles. The Hall–Kier alpha value is -2.10. The number of ether oxygens (including phenoxy) is 1. The molecule has 4 heteroatoms. The second-order valence-electron chi connectivity index (χ2n) is 8.50. The lowest BCUT2D eigenvalue weighted by atomic mass is 9.86. The third-order valence-corrected chi connectivity index (χ3v) is 5.48.